The number of aliphatic hydroxyl groups excluding tert-OH is 1. The molecule has 0 saturated carbocycles. The Labute approximate surface area is 109 Å². The van der Waals surface area contributed by atoms with Crippen LogP contribution in [0.25, 0.3) is 16.2 Å². The number of benzene rings is 1. The Bertz CT molecular complexity index is 712. The third-order valence-corrected chi connectivity index (χ3v) is 4.12. The van der Waals surface area contributed by atoms with Gasteiger partial charge in [-0.05, 0) is 36.6 Å². The van der Waals surface area contributed by atoms with E-state index in [1.807, 2.05) is 4.40 Å². The van der Waals surface area contributed by atoms with Crippen LogP contribution in [0.3, 0.4) is 0 Å². The maximum absolute atomic E-state index is 9.36. The summed E-state index contributed by atoms with van der Waals surface area (Å²) in [6, 6.07) is 6.42. The van der Waals surface area contributed by atoms with E-state index in [0.717, 1.165) is 21.9 Å². The Kier molecular flexibility index (Phi) is 2.69. The van der Waals surface area contributed by atoms with E-state index in [2.05, 4.69) is 42.4 Å². The molecule has 0 saturated heterocycles. The van der Waals surface area contributed by atoms with Gasteiger partial charge in [0, 0.05) is 5.38 Å². The molecule has 0 fully saturated rings. The van der Waals surface area contributed by atoms with Gasteiger partial charge in [-0.25, -0.2) is 4.98 Å². The van der Waals surface area contributed by atoms with Crippen molar-refractivity contribution < 1.29 is 5.11 Å². The minimum atomic E-state index is 0.00967. The monoisotopic (exact) mass is 258 g/mol. The van der Waals surface area contributed by atoms with Crippen LogP contribution in [0, 0.1) is 13.8 Å². The molecule has 3 nitrogen and oxygen atoms in total. The minimum Gasteiger partial charge on any atom is -0.390 e. The molecule has 0 aliphatic rings. The lowest BCUT2D eigenvalue weighted by atomic mass is 10.0. The van der Waals surface area contributed by atoms with Crippen LogP contribution in [0.5, 0.6) is 0 Å². The van der Waals surface area contributed by atoms with E-state index < -0.39 is 0 Å². The summed E-state index contributed by atoms with van der Waals surface area (Å²) in [4.78, 5) is 5.22. The largest absolute Gasteiger partial charge is 0.390 e. The number of nitrogens with zero attached hydrogens (tertiary/aromatic N) is 2. The van der Waals surface area contributed by atoms with E-state index in [9.17, 15) is 5.11 Å². The number of rotatable bonds is 2. The number of aliphatic hydroxyl groups is 1. The van der Waals surface area contributed by atoms with Crippen molar-refractivity contribution in [1.82, 2.24) is 9.38 Å². The highest BCUT2D eigenvalue weighted by Gasteiger charge is 2.11. The van der Waals surface area contributed by atoms with Gasteiger partial charge < -0.3 is 5.11 Å². The maximum atomic E-state index is 9.36. The SMILES string of the molecule is Cc1ccc(-c2csc3ncc(CO)n23)cc1C. The van der Waals surface area contributed by atoms with Gasteiger partial charge in [0.15, 0.2) is 4.96 Å². The van der Waals surface area contributed by atoms with Gasteiger partial charge in [0.25, 0.3) is 0 Å². The van der Waals surface area contributed by atoms with E-state index >= 15 is 0 Å². The van der Waals surface area contributed by atoms with E-state index in [1.54, 1.807) is 17.5 Å². The summed E-state index contributed by atoms with van der Waals surface area (Å²) in [6.45, 7) is 4.23. The van der Waals surface area contributed by atoms with Gasteiger partial charge >= 0.3 is 0 Å². The first-order valence-corrected chi connectivity index (χ1v) is 6.71. The molecule has 0 unspecified atom stereocenters. The molecule has 0 spiro atoms. The van der Waals surface area contributed by atoms with Crippen LogP contribution in [0.1, 0.15) is 16.8 Å². The molecule has 2 aromatic heterocycles. The summed E-state index contributed by atoms with van der Waals surface area (Å²) in [5.41, 5.74) is 5.66. The second kappa shape index (κ2) is 4.23. The van der Waals surface area contributed by atoms with Gasteiger partial charge in [0.05, 0.1) is 24.2 Å². The molecule has 4 heteroatoms. The second-order valence-electron chi connectivity index (χ2n) is 4.45. The quantitative estimate of drug-likeness (QED) is 0.766. The molecule has 92 valence electrons. The first-order chi connectivity index (χ1) is 8.70. The van der Waals surface area contributed by atoms with Crippen LogP contribution in [0.2, 0.25) is 0 Å². The van der Waals surface area contributed by atoms with E-state index in [-0.39, 0.29) is 6.61 Å². The molecule has 1 aromatic carbocycles. The summed E-state index contributed by atoms with van der Waals surface area (Å²) in [7, 11) is 0. The summed E-state index contributed by atoms with van der Waals surface area (Å²) in [5.74, 6) is 0. The lowest BCUT2D eigenvalue weighted by Crippen LogP contribution is -1.93. The number of thiazole rings is 1. The summed E-state index contributed by atoms with van der Waals surface area (Å²) in [5, 5.41) is 11.4. The van der Waals surface area contributed by atoms with Crippen molar-refractivity contribution in [3.8, 4) is 11.3 Å². The fourth-order valence-corrected chi connectivity index (χ4v) is 2.97. The van der Waals surface area contributed by atoms with Gasteiger partial charge in [-0.2, -0.15) is 0 Å². The molecule has 18 heavy (non-hydrogen) atoms. The molecule has 0 bridgehead atoms. The van der Waals surface area contributed by atoms with Crippen LogP contribution in [0.15, 0.2) is 29.8 Å². The van der Waals surface area contributed by atoms with E-state index in [0.29, 0.717) is 0 Å². The van der Waals surface area contributed by atoms with Gasteiger partial charge in [0.2, 0.25) is 0 Å². The fourth-order valence-electron chi connectivity index (χ4n) is 2.08. The predicted molar refractivity (Wildman–Crippen MR) is 73.9 cm³/mol. The Hall–Kier alpha value is -1.65. The average molecular weight is 258 g/mol. The van der Waals surface area contributed by atoms with Gasteiger partial charge in [0.1, 0.15) is 0 Å². The first kappa shape index (κ1) is 11.4. The van der Waals surface area contributed by atoms with Crippen molar-refractivity contribution >= 4 is 16.3 Å². The Morgan fingerprint density at radius 3 is 2.83 bits per heavy atom. The van der Waals surface area contributed by atoms with E-state index in [1.165, 1.54) is 11.1 Å². The fraction of sp³-hybridized carbons (Fsp3) is 0.214. The van der Waals surface area contributed by atoms with Crippen LogP contribution in [-0.4, -0.2) is 14.5 Å². The molecular weight excluding hydrogens is 244 g/mol. The Morgan fingerprint density at radius 1 is 1.28 bits per heavy atom. The van der Waals surface area contributed by atoms with Gasteiger partial charge in [-0.15, -0.1) is 11.3 Å². The third-order valence-electron chi connectivity index (χ3n) is 3.28. The Balaban J connectivity index is 2.24. The number of aryl methyl sites for hydroxylation is 2. The lowest BCUT2D eigenvalue weighted by molar-refractivity contribution is 0.276. The third kappa shape index (κ3) is 1.65. The molecule has 0 atom stereocenters. The number of hydrogen-bond donors (Lipinski definition) is 1. The minimum absolute atomic E-state index is 0.00967. The molecule has 3 aromatic rings. The normalized spacial score (nSPS) is 11.3. The highest BCUT2D eigenvalue weighted by molar-refractivity contribution is 7.15. The first-order valence-electron chi connectivity index (χ1n) is 5.83. The van der Waals surface area contributed by atoms with E-state index in [4.69, 9.17) is 0 Å². The van der Waals surface area contributed by atoms with Crippen molar-refractivity contribution in [1.29, 1.82) is 0 Å². The lowest BCUT2D eigenvalue weighted by Gasteiger charge is -2.05. The van der Waals surface area contributed by atoms with Crippen molar-refractivity contribution in [3.63, 3.8) is 0 Å². The van der Waals surface area contributed by atoms with Crippen LogP contribution in [-0.2, 0) is 6.61 Å². The maximum Gasteiger partial charge on any atom is 0.194 e. The number of imidazole rings is 1. The highest BCUT2D eigenvalue weighted by atomic mass is 32.1. The van der Waals surface area contributed by atoms with Gasteiger partial charge in [-0.1, -0.05) is 12.1 Å². The van der Waals surface area contributed by atoms with Gasteiger partial charge in [-0.3, -0.25) is 4.40 Å². The molecule has 3 rings (SSSR count). The van der Waals surface area contributed by atoms with Crippen molar-refractivity contribution in [2.45, 2.75) is 20.5 Å². The number of hydrogen-bond acceptors (Lipinski definition) is 3. The van der Waals surface area contributed by atoms with Crippen LogP contribution < -0.4 is 0 Å². The molecule has 1 N–H and O–H groups in total. The topological polar surface area (TPSA) is 37.5 Å². The van der Waals surface area contributed by atoms with Crippen LogP contribution in [0.4, 0.5) is 0 Å². The standard InChI is InChI=1S/C14H14N2OS/c1-9-3-4-11(5-10(9)2)13-8-18-14-15-6-12(7-17)16(13)14/h3-6,8,17H,7H2,1-2H3. The molecule has 0 amide bonds. The zero-order valence-electron chi connectivity index (χ0n) is 10.3. The zero-order chi connectivity index (χ0) is 12.7. The molecule has 2 heterocycles. The summed E-state index contributed by atoms with van der Waals surface area (Å²) < 4.78 is 2.02. The molecule has 0 radical (unpaired) electrons. The Morgan fingerprint density at radius 2 is 2.11 bits per heavy atom. The average Bonchev–Trinajstić information content (AvgIpc) is 2.93. The summed E-state index contributed by atoms with van der Waals surface area (Å²) in [6.07, 6.45) is 1.73. The highest BCUT2D eigenvalue weighted by Crippen LogP contribution is 2.28. The number of fused-ring (bicyclic) bond motifs is 1. The van der Waals surface area contributed by atoms with Crippen LogP contribution >= 0.6 is 11.3 Å². The van der Waals surface area contributed by atoms with Crippen molar-refractivity contribution in [2.24, 2.45) is 0 Å². The number of aromatic nitrogens is 2. The molecule has 0 aliphatic heterocycles. The molecule has 0 aliphatic carbocycles. The second-order valence-corrected chi connectivity index (χ2v) is 5.28. The van der Waals surface area contributed by atoms with Crippen molar-refractivity contribution in [2.75, 3.05) is 0 Å². The zero-order valence-corrected chi connectivity index (χ0v) is 11.2. The summed E-state index contributed by atoms with van der Waals surface area (Å²) >= 11 is 1.60. The van der Waals surface area contributed by atoms with Crippen molar-refractivity contribution in [3.05, 3.63) is 46.6 Å². The molecular formula is C14H14N2OS. The predicted octanol–water partition coefficient (Wildman–Crippen LogP) is 3.17. The smallest absolute Gasteiger partial charge is 0.194 e.